The van der Waals surface area contributed by atoms with Gasteiger partial charge in [0.05, 0.1) is 17.9 Å². The van der Waals surface area contributed by atoms with Gasteiger partial charge in [-0.1, -0.05) is 0 Å². The van der Waals surface area contributed by atoms with E-state index in [1.54, 1.807) is 43.6 Å². The Bertz CT molecular complexity index is 905. The Hall–Kier alpha value is -3.22. The molecule has 3 heterocycles. The van der Waals surface area contributed by atoms with Gasteiger partial charge in [-0.05, 0) is 44.0 Å². The number of anilines is 3. The van der Waals surface area contributed by atoms with Crippen LogP contribution in [0.15, 0.2) is 36.7 Å². The normalized spacial score (nSPS) is 15.9. The smallest absolute Gasteiger partial charge is 0.330 e. The number of ether oxygens (including phenoxy) is 1. The molecule has 0 saturated heterocycles. The average molecular weight is 350 g/mol. The van der Waals surface area contributed by atoms with Gasteiger partial charge in [0, 0.05) is 30.1 Å². The molecule has 0 spiro atoms. The van der Waals surface area contributed by atoms with Crippen LogP contribution in [0.1, 0.15) is 35.7 Å². The molecule has 0 aromatic carbocycles. The summed E-state index contributed by atoms with van der Waals surface area (Å²) in [5, 5.41) is 2.93. The molecule has 2 aromatic rings. The molecule has 1 amide bonds. The molecule has 1 aliphatic heterocycles. The molecule has 2 aromatic heterocycles. The van der Waals surface area contributed by atoms with E-state index in [-0.39, 0.29) is 11.9 Å². The minimum atomic E-state index is -0.429. The van der Waals surface area contributed by atoms with Crippen LogP contribution in [0.5, 0.6) is 0 Å². The van der Waals surface area contributed by atoms with Crippen LogP contribution < -0.4 is 10.2 Å². The van der Waals surface area contributed by atoms with Crippen molar-refractivity contribution >= 4 is 35.3 Å². The standard InChI is InChI=1S/C19H18N4O3/c1-2-26-15(24)8-5-12-9-11-21-18-16(12)22-19(25)14-4-3-10-20-17(14)23(18)13-6-7-13/h3-5,8-11,13H,2,6-7H2,1H3,(H,22,25)/b8-5+. The number of carbonyl (C=O) groups is 2. The van der Waals surface area contributed by atoms with Crippen LogP contribution in [0.2, 0.25) is 0 Å². The van der Waals surface area contributed by atoms with Crippen LogP contribution in [0.4, 0.5) is 17.3 Å². The molecular formula is C19H18N4O3. The Morgan fingerprint density at radius 2 is 2.12 bits per heavy atom. The highest BCUT2D eigenvalue weighted by Gasteiger charge is 2.38. The predicted molar refractivity (Wildman–Crippen MR) is 97.3 cm³/mol. The number of amides is 1. The highest BCUT2D eigenvalue weighted by atomic mass is 16.5. The van der Waals surface area contributed by atoms with Gasteiger partial charge in [-0.15, -0.1) is 0 Å². The number of hydrogen-bond acceptors (Lipinski definition) is 6. The van der Waals surface area contributed by atoms with Gasteiger partial charge in [0.25, 0.3) is 5.91 Å². The lowest BCUT2D eigenvalue weighted by Gasteiger charge is -2.23. The Kier molecular flexibility index (Phi) is 4.12. The van der Waals surface area contributed by atoms with E-state index in [0.717, 1.165) is 12.8 Å². The molecule has 1 aliphatic carbocycles. The summed E-state index contributed by atoms with van der Waals surface area (Å²) in [6.45, 7) is 2.06. The maximum absolute atomic E-state index is 12.7. The molecule has 7 heteroatoms. The third-order valence-corrected chi connectivity index (χ3v) is 4.29. The number of pyridine rings is 2. The van der Waals surface area contributed by atoms with Crippen molar-refractivity contribution in [2.24, 2.45) is 0 Å². The topological polar surface area (TPSA) is 84.4 Å². The summed E-state index contributed by atoms with van der Waals surface area (Å²) >= 11 is 0. The number of hydrogen-bond donors (Lipinski definition) is 1. The number of rotatable bonds is 4. The first kappa shape index (κ1) is 16.3. The molecule has 4 rings (SSSR count). The predicted octanol–water partition coefficient (Wildman–Crippen LogP) is 2.92. The number of nitrogens with one attached hydrogen (secondary N) is 1. The molecule has 1 fully saturated rings. The molecule has 2 aliphatic rings. The summed E-state index contributed by atoms with van der Waals surface area (Å²) in [5.41, 5.74) is 1.77. The molecule has 0 radical (unpaired) electrons. The Balaban J connectivity index is 1.81. The molecule has 0 unspecified atom stereocenters. The number of carbonyl (C=O) groups excluding carboxylic acids is 2. The number of nitrogens with zero attached hydrogens (tertiary/aromatic N) is 3. The van der Waals surface area contributed by atoms with E-state index in [0.29, 0.717) is 35.1 Å². The van der Waals surface area contributed by atoms with Crippen LogP contribution in [0.3, 0.4) is 0 Å². The molecule has 0 atom stereocenters. The van der Waals surface area contributed by atoms with Gasteiger partial charge in [0.15, 0.2) is 5.82 Å². The minimum absolute atomic E-state index is 0.240. The lowest BCUT2D eigenvalue weighted by atomic mass is 10.2. The first-order valence-corrected chi connectivity index (χ1v) is 8.58. The van der Waals surface area contributed by atoms with Gasteiger partial charge in [-0.25, -0.2) is 14.8 Å². The number of aromatic nitrogens is 2. The fourth-order valence-corrected chi connectivity index (χ4v) is 2.99. The summed E-state index contributed by atoms with van der Waals surface area (Å²) in [7, 11) is 0. The van der Waals surface area contributed by atoms with Gasteiger partial charge in [0.1, 0.15) is 5.82 Å². The van der Waals surface area contributed by atoms with Crippen molar-refractivity contribution in [3.8, 4) is 0 Å². The quantitative estimate of drug-likeness (QED) is 0.674. The minimum Gasteiger partial charge on any atom is -0.463 e. The second kappa shape index (κ2) is 6.59. The fourth-order valence-electron chi connectivity index (χ4n) is 2.99. The molecule has 132 valence electrons. The number of fused-ring (bicyclic) bond motifs is 2. The molecule has 1 saturated carbocycles. The van der Waals surface area contributed by atoms with Crippen LogP contribution in [-0.2, 0) is 9.53 Å². The second-order valence-corrected chi connectivity index (χ2v) is 6.11. The largest absolute Gasteiger partial charge is 0.463 e. The SMILES string of the molecule is CCOC(=O)/C=C/c1ccnc2c1NC(=O)c1cccnc1N2C1CC1. The molecular weight excluding hydrogens is 332 g/mol. The van der Waals surface area contributed by atoms with Crippen molar-refractivity contribution in [2.75, 3.05) is 16.8 Å². The second-order valence-electron chi connectivity index (χ2n) is 6.11. The Morgan fingerprint density at radius 3 is 2.88 bits per heavy atom. The monoisotopic (exact) mass is 350 g/mol. The first-order valence-electron chi connectivity index (χ1n) is 8.58. The lowest BCUT2D eigenvalue weighted by molar-refractivity contribution is -0.137. The van der Waals surface area contributed by atoms with E-state index in [1.165, 1.54) is 6.08 Å². The summed E-state index contributed by atoms with van der Waals surface area (Å²) in [5.74, 6) is 0.591. The van der Waals surface area contributed by atoms with E-state index < -0.39 is 5.97 Å². The lowest BCUT2D eigenvalue weighted by Crippen LogP contribution is -2.22. The Morgan fingerprint density at radius 1 is 1.31 bits per heavy atom. The average Bonchev–Trinajstić information content (AvgIpc) is 3.47. The van der Waals surface area contributed by atoms with Crippen molar-refractivity contribution in [1.29, 1.82) is 0 Å². The van der Waals surface area contributed by atoms with Crippen LogP contribution >= 0.6 is 0 Å². The van der Waals surface area contributed by atoms with Crippen molar-refractivity contribution in [3.63, 3.8) is 0 Å². The maximum atomic E-state index is 12.7. The van der Waals surface area contributed by atoms with Crippen LogP contribution in [0.25, 0.3) is 6.08 Å². The molecule has 1 N–H and O–H groups in total. The zero-order valence-corrected chi connectivity index (χ0v) is 14.3. The van der Waals surface area contributed by atoms with Crippen molar-refractivity contribution in [3.05, 3.63) is 47.8 Å². The van der Waals surface area contributed by atoms with Crippen molar-refractivity contribution < 1.29 is 14.3 Å². The van der Waals surface area contributed by atoms with Crippen molar-refractivity contribution in [1.82, 2.24) is 9.97 Å². The van der Waals surface area contributed by atoms with Gasteiger partial charge in [0.2, 0.25) is 0 Å². The molecule has 0 bridgehead atoms. The first-order chi connectivity index (χ1) is 12.7. The third-order valence-electron chi connectivity index (χ3n) is 4.29. The van der Waals surface area contributed by atoms with E-state index in [2.05, 4.69) is 15.3 Å². The van der Waals surface area contributed by atoms with Gasteiger partial charge < -0.3 is 15.0 Å². The molecule has 26 heavy (non-hydrogen) atoms. The van der Waals surface area contributed by atoms with Gasteiger partial charge >= 0.3 is 5.97 Å². The zero-order valence-electron chi connectivity index (χ0n) is 14.3. The Labute approximate surface area is 150 Å². The molecule has 7 nitrogen and oxygen atoms in total. The van der Waals surface area contributed by atoms with E-state index in [4.69, 9.17) is 4.74 Å². The van der Waals surface area contributed by atoms with E-state index >= 15 is 0 Å². The van der Waals surface area contributed by atoms with Gasteiger partial charge in [-0.2, -0.15) is 0 Å². The number of esters is 1. The van der Waals surface area contributed by atoms with Crippen LogP contribution in [-0.4, -0.2) is 34.5 Å². The van der Waals surface area contributed by atoms with E-state index in [1.807, 2.05) is 4.90 Å². The third kappa shape index (κ3) is 2.92. The highest BCUT2D eigenvalue weighted by molar-refractivity contribution is 6.12. The summed E-state index contributed by atoms with van der Waals surface area (Å²) in [6, 6.07) is 5.53. The van der Waals surface area contributed by atoms with Gasteiger partial charge in [-0.3, -0.25) is 4.79 Å². The fraction of sp³-hybridized carbons (Fsp3) is 0.263. The summed E-state index contributed by atoms with van der Waals surface area (Å²) in [6.07, 6.45) is 8.37. The van der Waals surface area contributed by atoms with Crippen molar-refractivity contribution in [2.45, 2.75) is 25.8 Å². The highest BCUT2D eigenvalue weighted by Crippen LogP contribution is 2.43. The maximum Gasteiger partial charge on any atom is 0.330 e. The zero-order chi connectivity index (χ0) is 18.1. The summed E-state index contributed by atoms with van der Waals surface area (Å²) < 4.78 is 4.92. The summed E-state index contributed by atoms with van der Waals surface area (Å²) in [4.78, 5) is 35.3. The van der Waals surface area contributed by atoms with E-state index in [9.17, 15) is 9.59 Å². The van der Waals surface area contributed by atoms with Crippen LogP contribution in [0, 0.1) is 0 Å².